The zero-order chi connectivity index (χ0) is 21.2. The number of benzene rings is 2. The number of thiazole rings is 1. The number of aryl methyl sites for hydroxylation is 1. The van der Waals surface area contributed by atoms with Crippen molar-refractivity contribution in [3.8, 4) is 5.75 Å². The second-order valence-corrected chi connectivity index (χ2v) is 7.81. The molecule has 0 aliphatic carbocycles. The van der Waals surface area contributed by atoms with Gasteiger partial charge in [-0.15, -0.1) is 25.6 Å². The first-order valence-electron chi connectivity index (χ1n) is 8.82. The Morgan fingerprint density at radius 1 is 1.13 bits per heavy atom. The molecule has 0 spiro atoms. The van der Waals surface area contributed by atoms with Crippen LogP contribution in [-0.4, -0.2) is 49.3 Å². The van der Waals surface area contributed by atoms with Crippen LogP contribution < -0.4 is 9.64 Å². The number of rotatable bonds is 6. The minimum Gasteiger partial charge on any atom is -0.406 e. The van der Waals surface area contributed by atoms with Crippen molar-refractivity contribution in [1.82, 2.24) is 9.88 Å². The number of hydrogen-bond donors (Lipinski definition) is 0. The first kappa shape index (κ1) is 23.9. The summed E-state index contributed by atoms with van der Waals surface area (Å²) in [5.74, 6) is -0.522. The Bertz CT molecular complexity index is 1020. The quantitative estimate of drug-likeness (QED) is 0.512. The van der Waals surface area contributed by atoms with Crippen LogP contribution in [0.5, 0.6) is 5.75 Å². The summed E-state index contributed by atoms with van der Waals surface area (Å²) in [5.41, 5.74) is 2.00. The molecule has 1 aromatic heterocycles. The summed E-state index contributed by atoms with van der Waals surface area (Å²) in [5, 5.41) is 0.428. The molecule has 5 nitrogen and oxygen atoms in total. The largest absolute Gasteiger partial charge is 0.573 e. The molecule has 2 aromatic carbocycles. The molecule has 30 heavy (non-hydrogen) atoms. The SMILES string of the molecule is Cc1cccc(C(=O)N(CCN(C)C)c2nc3ccc(OC(F)(F)F)cc3s2)c1.Cl. The van der Waals surface area contributed by atoms with Crippen LogP contribution >= 0.6 is 23.7 Å². The summed E-state index contributed by atoms with van der Waals surface area (Å²) < 4.78 is 41.9. The van der Waals surface area contributed by atoms with E-state index in [9.17, 15) is 18.0 Å². The molecular weight excluding hydrogens is 439 g/mol. The van der Waals surface area contributed by atoms with Gasteiger partial charge in [-0.3, -0.25) is 9.69 Å². The van der Waals surface area contributed by atoms with Gasteiger partial charge in [0.2, 0.25) is 0 Å². The number of aromatic nitrogens is 1. The number of hydrogen-bond acceptors (Lipinski definition) is 5. The van der Waals surface area contributed by atoms with Crippen LogP contribution in [0.3, 0.4) is 0 Å². The van der Waals surface area contributed by atoms with Gasteiger partial charge in [-0.25, -0.2) is 4.98 Å². The Hall–Kier alpha value is -2.36. The van der Waals surface area contributed by atoms with Gasteiger partial charge in [0.1, 0.15) is 5.75 Å². The van der Waals surface area contributed by atoms with Gasteiger partial charge in [-0.05, 0) is 45.3 Å². The number of carbonyl (C=O) groups is 1. The summed E-state index contributed by atoms with van der Waals surface area (Å²) in [7, 11) is 3.79. The molecule has 0 saturated heterocycles. The topological polar surface area (TPSA) is 45.7 Å². The van der Waals surface area contributed by atoms with Crippen molar-refractivity contribution in [3.05, 3.63) is 53.6 Å². The number of nitrogens with zero attached hydrogens (tertiary/aromatic N) is 3. The minimum atomic E-state index is -4.76. The van der Waals surface area contributed by atoms with Gasteiger partial charge >= 0.3 is 6.36 Å². The molecule has 162 valence electrons. The maximum atomic E-state index is 13.1. The molecule has 1 heterocycles. The lowest BCUT2D eigenvalue weighted by Gasteiger charge is -2.22. The van der Waals surface area contributed by atoms with E-state index in [1.54, 1.807) is 17.0 Å². The number of likely N-dealkylation sites (N-methyl/N-ethyl adjacent to an activating group) is 1. The van der Waals surface area contributed by atoms with Gasteiger partial charge < -0.3 is 9.64 Å². The minimum absolute atomic E-state index is 0. The van der Waals surface area contributed by atoms with E-state index < -0.39 is 6.36 Å². The van der Waals surface area contributed by atoms with Crippen LogP contribution in [0.1, 0.15) is 15.9 Å². The smallest absolute Gasteiger partial charge is 0.406 e. The van der Waals surface area contributed by atoms with Gasteiger partial charge in [0.05, 0.1) is 10.2 Å². The lowest BCUT2D eigenvalue weighted by molar-refractivity contribution is -0.274. The fourth-order valence-electron chi connectivity index (χ4n) is 2.72. The number of halogens is 4. The Balaban J connectivity index is 0.00000320. The van der Waals surface area contributed by atoms with Crippen LogP contribution in [0.15, 0.2) is 42.5 Å². The fourth-order valence-corrected chi connectivity index (χ4v) is 3.74. The lowest BCUT2D eigenvalue weighted by atomic mass is 10.1. The highest BCUT2D eigenvalue weighted by atomic mass is 35.5. The molecule has 1 amide bonds. The van der Waals surface area contributed by atoms with E-state index in [2.05, 4.69) is 9.72 Å². The van der Waals surface area contributed by atoms with E-state index in [4.69, 9.17) is 0 Å². The van der Waals surface area contributed by atoms with Crippen LogP contribution in [0, 0.1) is 6.92 Å². The van der Waals surface area contributed by atoms with E-state index in [1.165, 1.54) is 18.2 Å². The Kier molecular flexibility index (Phi) is 7.68. The van der Waals surface area contributed by atoms with Crippen molar-refractivity contribution in [2.75, 3.05) is 32.1 Å². The third kappa shape index (κ3) is 6.07. The summed E-state index contributed by atoms with van der Waals surface area (Å²) in [4.78, 5) is 21.1. The van der Waals surface area contributed by atoms with Gasteiger partial charge in [-0.2, -0.15) is 0 Å². The van der Waals surface area contributed by atoms with E-state index in [1.807, 2.05) is 38.1 Å². The number of fused-ring (bicyclic) bond motifs is 1. The third-order valence-electron chi connectivity index (χ3n) is 4.09. The van der Waals surface area contributed by atoms with E-state index in [0.717, 1.165) is 16.9 Å². The Labute approximate surface area is 182 Å². The molecule has 0 fully saturated rings. The highest BCUT2D eigenvalue weighted by molar-refractivity contribution is 7.22. The van der Waals surface area contributed by atoms with Crippen molar-refractivity contribution in [2.45, 2.75) is 13.3 Å². The highest BCUT2D eigenvalue weighted by Crippen LogP contribution is 2.33. The summed E-state index contributed by atoms with van der Waals surface area (Å²) in [6.45, 7) is 2.90. The van der Waals surface area contributed by atoms with Gasteiger partial charge in [-0.1, -0.05) is 29.0 Å². The number of ether oxygens (including phenoxy) is 1. The monoisotopic (exact) mass is 459 g/mol. The standard InChI is InChI=1S/C20H20F3N3O2S.ClH/c1-13-5-4-6-14(11-13)18(27)26(10-9-25(2)3)19-24-16-8-7-15(12-17(16)29-19)28-20(21,22)23;/h4-8,11-12H,9-10H2,1-3H3;1H. The maximum Gasteiger partial charge on any atom is 0.573 e. The molecule has 3 aromatic rings. The molecule has 0 atom stereocenters. The van der Waals surface area contributed by atoms with Crippen LogP contribution in [0.4, 0.5) is 18.3 Å². The first-order valence-corrected chi connectivity index (χ1v) is 9.63. The summed E-state index contributed by atoms with van der Waals surface area (Å²) >= 11 is 1.15. The number of carbonyl (C=O) groups excluding carboxylic acids is 1. The van der Waals surface area contributed by atoms with E-state index in [0.29, 0.717) is 34.0 Å². The molecule has 3 rings (SSSR count). The summed E-state index contributed by atoms with van der Waals surface area (Å²) in [6.07, 6.45) is -4.76. The van der Waals surface area contributed by atoms with Gasteiger partial charge in [0.25, 0.3) is 5.91 Å². The van der Waals surface area contributed by atoms with Crippen LogP contribution in [-0.2, 0) is 0 Å². The second-order valence-electron chi connectivity index (χ2n) is 6.80. The predicted molar refractivity (Wildman–Crippen MR) is 115 cm³/mol. The second kappa shape index (κ2) is 9.63. The van der Waals surface area contributed by atoms with Crippen molar-refractivity contribution in [2.24, 2.45) is 0 Å². The maximum absolute atomic E-state index is 13.1. The molecular formula is C20H21ClF3N3O2S. The molecule has 0 radical (unpaired) electrons. The molecule has 0 N–H and O–H groups in total. The first-order chi connectivity index (χ1) is 13.6. The lowest BCUT2D eigenvalue weighted by Crippen LogP contribution is -2.36. The molecule has 0 bridgehead atoms. The van der Waals surface area contributed by atoms with E-state index in [-0.39, 0.29) is 24.1 Å². The van der Waals surface area contributed by atoms with Crippen LogP contribution in [0.25, 0.3) is 10.2 Å². The fraction of sp³-hybridized carbons (Fsp3) is 0.300. The van der Waals surface area contributed by atoms with Crippen molar-refractivity contribution >= 4 is 45.0 Å². The average molecular weight is 460 g/mol. The zero-order valence-corrected chi connectivity index (χ0v) is 18.2. The molecule has 0 saturated carbocycles. The normalized spacial score (nSPS) is 11.4. The van der Waals surface area contributed by atoms with E-state index >= 15 is 0 Å². The molecule has 0 aliphatic rings. The Morgan fingerprint density at radius 2 is 1.87 bits per heavy atom. The van der Waals surface area contributed by atoms with Gasteiger partial charge in [0, 0.05) is 24.7 Å². The highest BCUT2D eigenvalue weighted by Gasteiger charge is 2.31. The number of anilines is 1. The molecule has 10 heteroatoms. The number of alkyl halides is 3. The zero-order valence-electron chi connectivity index (χ0n) is 16.6. The Morgan fingerprint density at radius 3 is 2.50 bits per heavy atom. The van der Waals surface area contributed by atoms with Crippen molar-refractivity contribution in [3.63, 3.8) is 0 Å². The average Bonchev–Trinajstić information content (AvgIpc) is 3.03. The molecule has 0 aliphatic heterocycles. The molecule has 0 unspecified atom stereocenters. The predicted octanol–water partition coefficient (Wildman–Crippen LogP) is 5.13. The third-order valence-corrected chi connectivity index (χ3v) is 5.14. The van der Waals surface area contributed by atoms with Crippen molar-refractivity contribution in [1.29, 1.82) is 0 Å². The van der Waals surface area contributed by atoms with Crippen molar-refractivity contribution < 1.29 is 22.7 Å². The van der Waals surface area contributed by atoms with Gasteiger partial charge in [0.15, 0.2) is 5.13 Å². The van der Waals surface area contributed by atoms with Crippen LogP contribution in [0.2, 0.25) is 0 Å². The summed E-state index contributed by atoms with van der Waals surface area (Å²) in [6, 6.07) is 11.2. The number of amides is 1.